The molecule has 1 aliphatic carbocycles. The number of aliphatic carboxylic acids is 1. The van der Waals surface area contributed by atoms with Crippen molar-refractivity contribution in [3.8, 4) is 0 Å². The van der Waals surface area contributed by atoms with Crippen LogP contribution in [0.2, 0.25) is 0 Å². The van der Waals surface area contributed by atoms with Crippen LogP contribution in [0.25, 0.3) is 0 Å². The van der Waals surface area contributed by atoms with Gasteiger partial charge in [-0.05, 0) is 25.2 Å². The van der Waals surface area contributed by atoms with Crippen LogP contribution in [0, 0.1) is 5.92 Å². The van der Waals surface area contributed by atoms with Gasteiger partial charge in [-0.1, -0.05) is 45.4 Å². The smallest absolute Gasteiger partial charge is 0.326 e. The SMILES string of the molecule is CCCCCC[C@@H](NC(=O)CC1CCCC1)C(=O)O. The van der Waals surface area contributed by atoms with Crippen LogP contribution in [0.3, 0.4) is 0 Å². The first-order valence-electron chi connectivity index (χ1n) is 7.65. The second-order valence-corrected chi connectivity index (χ2v) is 5.66. The average Bonchev–Trinajstić information content (AvgIpc) is 2.85. The molecule has 4 heteroatoms. The summed E-state index contributed by atoms with van der Waals surface area (Å²) in [5.74, 6) is -0.527. The molecule has 0 aromatic carbocycles. The molecule has 19 heavy (non-hydrogen) atoms. The molecule has 0 aliphatic heterocycles. The summed E-state index contributed by atoms with van der Waals surface area (Å²) in [7, 11) is 0. The van der Waals surface area contributed by atoms with Crippen molar-refractivity contribution in [2.45, 2.75) is 77.2 Å². The van der Waals surface area contributed by atoms with E-state index in [1.807, 2.05) is 0 Å². The van der Waals surface area contributed by atoms with Crippen molar-refractivity contribution in [1.29, 1.82) is 0 Å². The van der Waals surface area contributed by atoms with Gasteiger partial charge in [-0.2, -0.15) is 0 Å². The number of rotatable bonds is 9. The van der Waals surface area contributed by atoms with E-state index in [9.17, 15) is 9.59 Å². The lowest BCUT2D eigenvalue weighted by Crippen LogP contribution is -2.41. The maximum Gasteiger partial charge on any atom is 0.326 e. The molecular weight excluding hydrogens is 242 g/mol. The normalized spacial score (nSPS) is 17.3. The predicted molar refractivity (Wildman–Crippen MR) is 74.9 cm³/mol. The fourth-order valence-electron chi connectivity index (χ4n) is 2.76. The van der Waals surface area contributed by atoms with Gasteiger partial charge >= 0.3 is 5.97 Å². The maximum absolute atomic E-state index is 11.8. The van der Waals surface area contributed by atoms with Gasteiger partial charge in [0.1, 0.15) is 6.04 Å². The average molecular weight is 269 g/mol. The quantitative estimate of drug-likeness (QED) is 0.632. The third-order valence-corrected chi connectivity index (χ3v) is 3.93. The Morgan fingerprint density at radius 3 is 2.47 bits per heavy atom. The van der Waals surface area contributed by atoms with Gasteiger partial charge < -0.3 is 10.4 Å². The van der Waals surface area contributed by atoms with Gasteiger partial charge in [-0.25, -0.2) is 4.79 Å². The van der Waals surface area contributed by atoms with Gasteiger partial charge in [0.25, 0.3) is 0 Å². The van der Waals surface area contributed by atoms with Crippen LogP contribution in [0.15, 0.2) is 0 Å². The van der Waals surface area contributed by atoms with Crippen LogP contribution in [-0.2, 0) is 9.59 Å². The predicted octanol–water partition coefficient (Wildman–Crippen LogP) is 3.11. The van der Waals surface area contributed by atoms with Gasteiger partial charge in [0.2, 0.25) is 5.91 Å². The molecular formula is C15H27NO3. The number of carbonyl (C=O) groups is 2. The minimum absolute atomic E-state index is 0.0882. The molecule has 0 radical (unpaired) electrons. The second kappa shape index (κ2) is 8.94. The highest BCUT2D eigenvalue weighted by Gasteiger charge is 2.23. The Morgan fingerprint density at radius 1 is 1.21 bits per heavy atom. The van der Waals surface area contributed by atoms with Crippen molar-refractivity contribution in [3.63, 3.8) is 0 Å². The van der Waals surface area contributed by atoms with E-state index >= 15 is 0 Å². The Hall–Kier alpha value is -1.06. The molecule has 1 amide bonds. The number of unbranched alkanes of at least 4 members (excludes halogenated alkanes) is 3. The largest absolute Gasteiger partial charge is 0.480 e. The van der Waals surface area contributed by atoms with Crippen molar-refractivity contribution in [2.24, 2.45) is 5.92 Å². The van der Waals surface area contributed by atoms with Crippen LogP contribution in [0.1, 0.15) is 71.1 Å². The van der Waals surface area contributed by atoms with Crippen LogP contribution in [0.5, 0.6) is 0 Å². The van der Waals surface area contributed by atoms with E-state index in [1.165, 1.54) is 12.8 Å². The summed E-state index contributed by atoms with van der Waals surface area (Å²) < 4.78 is 0. The van der Waals surface area contributed by atoms with Gasteiger partial charge in [-0.15, -0.1) is 0 Å². The molecule has 0 bridgehead atoms. The number of nitrogens with one attached hydrogen (secondary N) is 1. The third-order valence-electron chi connectivity index (χ3n) is 3.93. The summed E-state index contributed by atoms with van der Waals surface area (Å²) in [6, 6.07) is -0.703. The Morgan fingerprint density at radius 2 is 1.89 bits per heavy atom. The van der Waals surface area contributed by atoms with Crippen LogP contribution in [0.4, 0.5) is 0 Å². The first-order valence-corrected chi connectivity index (χ1v) is 7.65. The highest BCUT2D eigenvalue weighted by atomic mass is 16.4. The topological polar surface area (TPSA) is 66.4 Å². The van der Waals surface area contributed by atoms with E-state index in [4.69, 9.17) is 5.11 Å². The highest BCUT2D eigenvalue weighted by molar-refractivity contribution is 5.83. The number of carboxylic acid groups (broad SMARTS) is 1. The van der Waals surface area contributed by atoms with Gasteiger partial charge in [-0.3, -0.25) is 4.79 Å². The standard InChI is InChI=1S/C15H27NO3/c1-2-3-4-5-10-13(15(18)19)16-14(17)11-12-8-6-7-9-12/h12-13H,2-11H2,1H3,(H,16,17)(H,18,19)/t13-/m1/s1. The van der Waals surface area contributed by atoms with Crippen LogP contribution in [-0.4, -0.2) is 23.0 Å². The first kappa shape index (κ1) is 16.0. The summed E-state index contributed by atoms with van der Waals surface area (Å²) in [5.41, 5.74) is 0. The van der Waals surface area contributed by atoms with Crippen LogP contribution >= 0.6 is 0 Å². The van der Waals surface area contributed by atoms with Gasteiger partial charge in [0.05, 0.1) is 0 Å². The zero-order valence-electron chi connectivity index (χ0n) is 12.0. The Bertz CT molecular complexity index is 285. The van der Waals surface area contributed by atoms with Gasteiger partial charge in [0, 0.05) is 6.42 Å². The fraction of sp³-hybridized carbons (Fsp3) is 0.867. The third kappa shape index (κ3) is 6.60. The maximum atomic E-state index is 11.8. The highest BCUT2D eigenvalue weighted by Crippen LogP contribution is 2.27. The molecule has 0 aromatic rings. The molecule has 0 heterocycles. The molecule has 0 spiro atoms. The zero-order valence-corrected chi connectivity index (χ0v) is 12.0. The van der Waals surface area contributed by atoms with E-state index in [0.29, 0.717) is 18.8 Å². The summed E-state index contributed by atoms with van der Waals surface area (Å²) >= 11 is 0. The molecule has 1 atom stereocenters. The molecule has 0 aromatic heterocycles. The van der Waals surface area contributed by atoms with Crippen molar-refractivity contribution in [1.82, 2.24) is 5.32 Å². The monoisotopic (exact) mass is 269 g/mol. The summed E-state index contributed by atoms with van der Waals surface area (Å²) in [6.07, 6.45) is 9.85. The van der Waals surface area contributed by atoms with E-state index in [-0.39, 0.29) is 5.91 Å². The lowest BCUT2D eigenvalue weighted by molar-refractivity contribution is -0.142. The fourth-order valence-corrected chi connectivity index (χ4v) is 2.76. The number of carbonyl (C=O) groups excluding carboxylic acids is 1. The lowest BCUT2D eigenvalue weighted by Gasteiger charge is -2.16. The molecule has 1 aliphatic rings. The number of carboxylic acids is 1. The number of hydrogen-bond acceptors (Lipinski definition) is 2. The minimum atomic E-state index is -0.906. The summed E-state index contributed by atoms with van der Waals surface area (Å²) in [6.45, 7) is 2.12. The van der Waals surface area contributed by atoms with Gasteiger partial charge in [0.15, 0.2) is 0 Å². The van der Waals surface area contributed by atoms with E-state index in [2.05, 4.69) is 12.2 Å². The summed E-state index contributed by atoms with van der Waals surface area (Å²) in [5, 5.41) is 11.8. The molecule has 0 unspecified atom stereocenters. The van der Waals surface area contributed by atoms with Crippen molar-refractivity contribution >= 4 is 11.9 Å². The van der Waals surface area contributed by atoms with E-state index < -0.39 is 12.0 Å². The number of hydrogen-bond donors (Lipinski definition) is 2. The second-order valence-electron chi connectivity index (χ2n) is 5.66. The Labute approximate surface area is 116 Å². The first-order chi connectivity index (χ1) is 9.13. The zero-order chi connectivity index (χ0) is 14.1. The molecule has 1 rings (SSSR count). The van der Waals surface area contributed by atoms with Crippen molar-refractivity contribution in [3.05, 3.63) is 0 Å². The van der Waals surface area contributed by atoms with E-state index in [0.717, 1.165) is 38.5 Å². The molecule has 1 fully saturated rings. The minimum Gasteiger partial charge on any atom is -0.480 e. The molecule has 4 nitrogen and oxygen atoms in total. The number of amides is 1. The lowest BCUT2D eigenvalue weighted by atomic mass is 10.0. The van der Waals surface area contributed by atoms with E-state index in [1.54, 1.807) is 0 Å². The van der Waals surface area contributed by atoms with Crippen LogP contribution < -0.4 is 5.32 Å². The molecule has 0 saturated heterocycles. The van der Waals surface area contributed by atoms with Crippen molar-refractivity contribution < 1.29 is 14.7 Å². The molecule has 2 N–H and O–H groups in total. The Kier molecular flexibility index (Phi) is 7.53. The summed E-state index contributed by atoms with van der Waals surface area (Å²) in [4.78, 5) is 22.9. The van der Waals surface area contributed by atoms with Crippen molar-refractivity contribution in [2.75, 3.05) is 0 Å². The Balaban J connectivity index is 2.26. The molecule has 1 saturated carbocycles. The molecule has 110 valence electrons.